The van der Waals surface area contributed by atoms with Crippen molar-refractivity contribution in [1.82, 2.24) is 19.8 Å². The minimum Gasteiger partial charge on any atom is -0.385 e. The predicted octanol–water partition coefficient (Wildman–Crippen LogP) is 2.31. The van der Waals surface area contributed by atoms with Crippen LogP contribution in [0.2, 0.25) is 0 Å². The summed E-state index contributed by atoms with van der Waals surface area (Å²) >= 11 is 0. The third-order valence-electron chi connectivity index (χ3n) is 4.55. The molecule has 2 atom stereocenters. The van der Waals surface area contributed by atoms with E-state index in [1.54, 1.807) is 6.20 Å². The Bertz CT molecular complexity index is 501. The van der Waals surface area contributed by atoms with Gasteiger partial charge in [0.15, 0.2) is 0 Å². The van der Waals surface area contributed by atoms with E-state index in [0.717, 1.165) is 38.8 Å². The van der Waals surface area contributed by atoms with Crippen molar-refractivity contribution in [3.63, 3.8) is 0 Å². The average molecular weight is 322 g/mol. The van der Waals surface area contributed by atoms with Gasteiger partial charge >= 0.3 is 6.03 Å². The molecule has 23 heavy (non-hydrogen) atoms. The van der Waals surface area contributed by atoms with Gasteiger partial charge in [0.05, 0.1) is 0 Å². The molecule has 0 saturated carbocycles. The first-order chi connectivity index (χ1) is 11.0. The molecule has 1 saturated heterocycles. The number of hydrogen-bond donors (Lipinski definition) is 2. The van der Waals surface area contributed by atoms with Gasteiger partial charge in [0.2, 0.25) is 0 Å². The summed E-state index contributed by atoms with van der Waals surface area (Å²) in [5.74, 6) is 1.39. The van der Waals surface area contributed by atoms with Crippen molar-refractivity contribution in [2.75, 3.05) is 19.6 Å². The maximum atomic E-state index is 12.3. The number of nitrogens with one attached hydrogen (secondary N) is 1. The van der Waals surface area contributed by atoms with Crippen LogP contribution < -0.4 is 5.32 Å². The lowest BCUT2D eigenvalue weighted by atomic mass is 9.92. The summed E-state index contributed by atoms with van der Waals surface area (Å²) in [6.07, 6.45) is 6.89. The summed E-state index contributed by atoms with van der Waals surface area (Å²) in [5.41, 5.74) is 0. The molecule has 1 fully saturated rings. The van der Waals surface area contributed by atoms with Crippen molar-refractivity contribution in [3.05, 3.63) is 18.2 Å². The fourth-order valence-electron chi connectivity index (χ4n) is 3.14. The number of carbonyl (C=O) groups excluding carboxylic acids is 1. The number of hydrogen-bond acceptors (Lipinski definition) is 3. The molecule has 1 aromatic rings. The van der Waals surface area contributed by atoms with Gasteiger partial charge in [0.1, 0.15) is 11.9 Å². The fraction of sp³-hybridized carbons (Fsp3) is 0.765. The third kappa shape index (κ3) is 4.96. The Morgan fingerprint density at radius 1 is 1.52 bits per heavy atom. The van der Waals surface area contributed by atoms with Crippen LogP contribution in [-0.4, -0.2) is 45.2 Å². The highest BCUT2D eigenvalue weighted by Crippen LogP contribution is 2.28. The highest BCUT2D eigenvalue weighted by molar-refractivity contribution is 5.74. The van der Waals surface area contributed by atoms with Gasteiger partial charge in [0, 0.05) is 45.0 Å². The molecule has 130 valence electrons. The van der Waals surface area contributed by atoms with Gasteiger partial charge in [-0.05, 0) is 31.6 Å². The first kappa shape index (κ1) is 17.8. The van der Waals surface area contributed by atoms with Gasteiger partial charge in [-0.1, -0.05) is 13.8 Å². The second-order valence-electron chi connectivity index (χ2n) is 6.96. The topological polar surface area (TPSA) is 70.4 Å². The Morgan fingerprint density at radius 2 is 2.30 bits per heavy atom. The molecule has 2 heterocycles. The molecule has 1 aromatic heterocycles. The maximum absolute atomic E-state index is 12.3. The van der Waals surface area contributed by atoms with Gasteiger partial charge in [-0.3, -0.25) is 0 Å². The summed E-state index contributed by atoms with van der Waals surface area (Å²) < 4.78 is 1.84. The molecular formula is C17H30N4O2. The van der Waals surface area contributed by atoms with E-state index in [2.05, 4.69) is 24.1 Å². The van der Waals surface area contributed by atoms with Crippen LogP contribution in [0.1, 0.15) is 51.5 Å². The van der Waals surface area contributed by atoms with E-state index >= 15 is 0 Å². The molecule has 0 spiro atoms. The monoisotopic (exact) mass is 322 g/mol. The number of imidazole rings is 1. The quantitative estimate of drug-likeness (QED) is 0.790. The first-order valence-electron chi connectivity index (χ1n) is 8.67. The number of aromatic nitrogens is 2. The van der Waals surface area contributed by atoms with Gasteiger partial charge in [-0.15, -0.1) is 0 Å². The predicted molar refractivity (Wildman–Crippen MR) is 89.9 cm³/mol. The van der Waals surface area contributed by atoms with Crippen molar-refractivity contribution < 1.29 is 9.90 Å². The number of nitrogens with zero attached hydrogens (tertiary/aromatic N) is 3. The van der Waals surface area contributed by atoms with Crippen LogP contribution >= 0.6 is 0 Å². The molecule has 6 heteroatoms. The summed E-state index contributed by atoms with van der Waals surface area (Å²) in [6, 6.07) is -0.00880. The van der Waals surface area contributed by atoms with E-state index in [4.69, 9.17) is 0 Å². The second kappa shape index (κ2) is 8.34. The number of urea groups is 1. The molecule has 0 aliphatic carbocycles. The average Bonchev–Trinajstić information content (AvgIpc) is 2.96. The Morgan fingerprint density at radius 3 is 2.96 bits per heavy atom. The summed E-state index contributed by atoms with van der Waals surface area (Å²) in [5, 5.41) is 13.5. The number of aliphatic hydroxyl groups is 1. The second-order valence-corrected chi connectivity index (χ2v) is 6.96. The minimum atomic E-state index is -0.619. The van der Waals surface area contributed by atoms with Crippen LogP contribution in [0.3, 0.4) is 0 Å². The number of aliphatic hydroxyl groups excluding tert-OH is 1. The van der Waals surface area contributed by atoms with E-state index in [1.807, 2.05) is 22.7 Å². The normalized spacial score (nSPS) is 19.9. The molecule has 6 nitrogen and oxygen atoms in total. The number of amides is 2. The van der Waals surface area contributed by atoms with E-state index in [1.165, 1.54) is 0 Å². The molecule has 2 rings (SSSR count). The highest BCUT2D eigenvalue weighted by Gasteiger charge is 2.30. The van der Waals surface area contributed by atoms with Crippen molar-refractivity contribution >= 4 is 6.03 Å². The molecule has 0 aromatic carbocycles. The van der Waals surface area contributed by atoms with Crippen molar-refractivity contribution in [2.45, 2.75) is 45.6 Å². The standard InChI is InChI=1S/C17H30N4O2/c1-13(2)6-4-8-19-17(23)21-10-5-7-14(12-21)15(22)16-18-9-11-20(16)3/h9,11,13-15,22H,4-8,10,12H2,1-3H3,(H,19,23). The van der Waals surface area contributed by atoms with Gasteiger partial charge in [-0.2, -0.15) is 0 Å². The zero-order chi connectivity index (χ0) is 16.8. The van der Waals surface area contributed by atoms with Crippen LogP contribution in [0.4, 0.5) is 4.79 Å². The van der Waals surface area contributed by atoms with E-state index in [-0.39, 0.29) is 11.9 Å². The van der Waals surface area contributed by atoms with Gasteiger partial charge in [-0.25, -0.2) is 9.78 Å². The lowest BCUT2D eigenvalue weighted by molar-refractivity contribution is 0.0532. The minimum absolute atomic E-state index is 0.00880. The highest BCUT2D eigenvalue weighted by atomic mass is 16.3. The van der Waals surface area contributed by atoms with Gasteiger partial charge in [0.25, 0.3) is 0 Å². The molecule has 2 amide bonds. The summed E-state index contributed by atoms with van der Waals surface area (Å²) in [4.78, 5) is 18.3. The van der Waals surface area contributed by atoms with E-state index < -0.39 is 6.10 Å². The molecule has 2 N–H and O–H groups in total. The van der Waals surface area contributed by atoms with Crippen LogP contribution in [0.25, 0.3) is 0 Å². The number of piperidine rings is 1. The molecule has 0 radical (unpaired) electrons. The SMILES string of the molecule is CC(C)CCCNC(=O)N1CCCC(C(O)c2nccn2C)C1. The molecule has 2 unspecified atom stereocenters. The number of rotatable bonds is 6. The lowest BCUT2D eigenvalue weighted by Gasteiger charge is -2.34. The van der Waals surface area contributed by atoms with Crippen LogP contribution in [0.15, 0.2) is 12.4 Å². The third-order valence-corrected chi connectivity index (χ3v) is 4.55. The zero-order valence-corrected chi connectivity index (χ0v) is 14.5. The maximum Gasteiger partial charge on any atom is 0.317 e. The van der Waals surface area contributed by atoms with Crippen molar-refractivity contribution in [2.24, 2.45) is 18.9 Å². The van der Waals surface area contributed by atoms with Crippen molar-refractivity contribution in [1.29, 1.82) is 0 Å². The number of aryl methyl sites for hydroxylation is 1. The largest absolute Gasteiger partial charge is 0.385 e. The lowest BCUT2D eigenvalue weighted by Crippen LogP contribution is -2.47. The summed E-state index contributed by atoms with van der Waals surface area (Å²) in [6.45, 7) is 6.45. The Labute approximate surface area is 138 Å². The molecule has 1 aliphatic heterocycles. The molecule has 1 aliphatic rings. The number of likely N-dealkylation sites (tertiary alicyclic amines) is 1. The van der Waals surface area contributed by atoms with Gasteiger partial charge < -0.3 is 19.9 Å². The zero-order valence-electron chi connectivity index (χ0n) is 14.5. The van der Waals surface area contributed by atoms with Crippen LogP contribution in [-0.2, 0) is 7.05 Å². The smallest absolute Gasteiger partial charge is 0.317 e. The number of carbonyl (C=O) groups is 1. The Balaban J connectivity index is 1.83. The summed E-state index contributed by atoms with van der Waals surface area (Å²) in [7, 11) is 1.88. The Kier molecular flexibility index (Phi) is 6.45. The van der Waals surface area contributed by atoms with E-state index in [9.17, 15) is 9.90 Å². The van der Waals surface area contributed by atoms with Crippen LogP contribution in [0, 0.1) is 11.8 Å². The fourth-order valence-corrected chi connectivity index (χ4v) is 3.14. The Hall–Kier alpha value is -1.56. The van der Waals surface area contributed by atoms with E-state index in [0.29, 0.717) is 18.3 Å². The molecule has 0 bridgehead atoms. The van der Waals surface area contributed by atoms with Crippen molar-refractivity contribution in [3.8, 4) is 0 Å². The first-order valence-corrected chi connectivity index (χ1v) is 8.67. The molecular weight excluding hydrogens is 292 g/mol. The van der Waals surface area contributed by atoms with Crippen LogP contribution in [0.5, 0.6) is 0 Å².